The third kappa shape index (κ3) is 8.75. The van der Waals surface area contributed by atoms with Gasteiger partial charge in [-0.05, 0) is 127 Å². The van der Waals surface area contributed by atoms with E-state index in [4.69, 9.17) is 15.0 Å². The zero-order valence-corrected chi connectivity index (χ0v) is 35.1. The van der Waals surface area contributed by atoms with Gasteiger partial charge in [0.15, 0.2) is 17.5 Å². The predicted molar refractivity (Wildman–Crippen MR) is 264 cm³/mol. The Hall–Kier alpha value is -8.61. The largest absolute Gasteiger partial charge is 0.337 e. The van der Waals surface area contributed by atoms with Gasteiger partial charge in [0.1, 0.15) is 0 Å². The number of hydrogen-bond acceptors (Lipinski definition) is 6. The smallest absolute Gasteiger partial charge is 0.164 e. The van der Waals surface area contributed by atoms with E-state index in [2.05, 4.69) is 245 Å². The molecule has 64 heavy (non-hydrogen) atoms. The van der Waals surface area contributed by atoms with Crippen molar-refractivity contribution < 1.29 is 0 Å². The standard InChI is InChI=1S/C58H44N6/c1-7-19-48(20-8-1)62(49-21-9-2-10-22-49)43-44-31-33-45(34-32-44)56-59-57(46-35-39-54(40-36-46)63(50-23-11-3-12-24-50)51-25-13-4-14-26-51)61-58(60-56)47-37-41-55(42-38-47)64(52-27-15-5-16-28-52)53-29-17-6-18-30-53/h1-42H,43H2. The highest BCUT2D eigenvalue weighted by Crippen LogP contribution is 2.38. The number of hydrogen-bond donors (Lipinski definition) is 0. The van der Waals surface area contributed by atoms with Gasteiger partial charge in [-0.25, -0.2) is 15.0 Å². The lowest BCUT2D eigenvalue weighted by Crippen LogP contribution is -2.16. The van der Waals surface area contributed by atoms with Gasteiger partial charge in [-0.1, -0.05) is 133 Å². The van der Waals surface area contributed by atoms with Crippen molar-refractivity contribution in [3.05, 3.63) is 260 Å². The van der Waals surface area contributed by atoms with E-state index in [1.807, 2.05) is 24.3 Å². The number of para-hydroxylation sites is 6. The molecule has 6 nitrogen and oxygen atoms in total. The van der Waals surface area contributed by atoms with Crippen molar-refractivity contribution >= 4 is 45.5 Å². The highest BCUT2D eigenvalue weighted by atomic mass is 15.2. The Morgan fingerprint density at radius 3 is 0.750 bits per heavy atom. The van der Waals surface area contributed by atoms with Crippen molar-refractivity contribution in [2.75, 3.05) is 14.7 Å². The topological polar surface area (TPSA) is 48.4 Å². The second-order valence-corrected chi connectivity index (χ2v) is 15.4. The molecule has 0 radical (unpaired) electrons. The van der Waals surface area contributed by atoms with Crippen LogP contribution in [-0.4, -0.2) is 15.0 Å². The van der Waals surface area contributed by atoms with Crippen molar-refractivity contribution in [2.24, 2.45) is 0 Å². The molecule has 1 aromatic heterocycles. The van der Waals surface area contributed by atoms with Crippen LogP contribution < -0.4 is 14.7 Å². The van der Waals surface area contributed by atoms with Crippen LogP contribution in [0, 0.1) is 0 Å². The molecule has 10 rings (SSSR count). The molecular weight excluding hydrogens is 781 g/mol. The molecule has 6 heteroatoms. The first kappa shape index (κ1) is 39.5. The van der Waals surface area contributed by atoms with Crippen molar-refractivity contribution in [3.63, 3.8) is 0 Å². The molecule has 0 aliphatic heterocycles. The van der Waals surface area contributed by atoms with Crippen molar-refractivity contribution in [1.29, 1.82) is 0 Å². The Morgan fingerprint density at radius 1 is 0.234 bits per heavy atom. The summed E-state index contributed by atoms with van der Waals surface area (Å²) in [4.78, 5) is 22.3. The van der Waals surface area contributed by atoms with Gasteiger partial charge in [-0.3, -0.25) is 0 Å². The predicted octanol–water partition coefficient (Wildman–Crippen LogP) is 15.2. The van der Waals surface area contributed by atoms with Crippen LogP contribution in [0.15, 0.2) is 255 Å². The fourth-order valence-electron chi connectivity index (χ4n) is 7.97. The lowest BCUT2D eigenvalue weighted by atomic mass is 10.1. The first-order valence-electron chi connectivity index (χ1n) is 21.5. The van der Waals surface area contributed by atoms with Gasteiger partial charge < -0.3 is 14.7 Å². The van der Waals surface area contributed by atoms with Crippen LogP contribution in [0.4, 0.5) is 45.5 Å². The van der Waals surface area contributed by atoms with Crippen molar-refractivity contribution in [2.45, 2.75) is 6.54 Å². The van der Waals surface area contributed by atoms with Crippen LogP contribution in [0.5, 0.6) is 0 Å². The Labute approximate surface area is 374 Å². The minimum Gasteiger partial charge on any atom is -0.337 e. The van der Waals surface area contributed by atoms with E-state index in [0.29, 0.717) is 24.0 Å². The van der Waals surface area contributed by atoms with Gasteiger partial charge >= 0.3 is 0 Å². The van der Waals surface area contributed by atoms with E-state index >= 15 is 0 Å². The summed E-state index contributed by atoms with van der Waals surface area (Å²) in [5.74, 6) is 1.80. The Morgan fingerprint density at radius 2 is 0.469 bits per heavy atom. The molecule has 0 fully saturated rings. The van der Waals surface area contributed by atoms with Gasteiger partial charge in [0.2, 0.25) is 0 Å². The molecule has 0 aliphatic carbocycles. The van der Waals surface area contributed by atoms with Gasteiger partial charge in [0.05, 0.1) is 0 Å². The van der Waals surface area contributed by atoms with Crippen LogP contribution in [-0.2, 0) is 6.54 Å². The summed E-state index contributed by atoms with van der Waals surface area (Å²) in [6.45, 7) is 0.701. The van der Waals surface area contributed by atoms with Crippen LogP contribution in [0.25, 0.3) is 34.2 Å². The molecule has 0 saturated carbocycles. The first-order chi connectivity index (χ1) is 31.7. The number of rotatable bonds is 13. The summed E-state index contributed by atoms with van der Waals surface area (Å²) in [5.41, 5.74) is 12.5. The highest BCUT2D eigenvalue weighted by Gasteiger charge is 2.18. The van der Waals surface area contributed by atoms with E-state index in [0.717, 1.165) is 62.2 Å². The molecule has 0 atom stereocenters. The van der Waals surface area contributed by atoms with E-state index in [1.54, 1.807) is 0 Å². The van der Waals surface area contributed by atoms with Crippen molar-refractivity contribution in [3.8, 4) is 34.2 Å². The van der Waals surface area contributed by atoms with E-state index < -0.39 is 0 Å². The van der Waals surface area contributed by atoms with Crippen molar-refractivity contribution in [1.82, 2.24) is 15.0 Å². The average molecular weight is 825 g/mol. The number of nitrogens with zero attached hydrogens (tertiary/aromatic N) is 6. The minimum absolute atomic E-state index is 0.597. The third-order valence-corrected chi connectivity index (χ3v) is 11.1. The molecule has 0 bridgehead atoms. The van der Waals surface area contributed by atoms with Crippen LogP contribution in [0.2, 0.25) is 0 Å². The maximum Gasteiger partial charge on any atom is 0.164 e. The van der Waals surface area contributed by atoms with Crippen LogP contribution >= 0.6 is 0 Å². The van der Waals surface area contributed by atoms with Gasteiger partial charge in [0.25, 0.3) is 0 Å². The number of benzene rings is 9. The molecular formula is C58H44N6. The molecule has 0 spiro atoms. The zero-order chi connectivity index (χ0) is 42.9. The summed E-state index contributed by atoms with van der Waals surface area (Å²) in [5, 5.41) is 0. The Balaban J connectivity index is 1.02. The monoisotopic (exact) mass is 824 g/mol. The van der Waals surface area contributed by atoms with Gasteiger partial charge in [0, 0.05) is 68.7 Å². The van der Waals surface area contributed by atoms with E-state index in [-0.39, 0.29) is 0 Å². The second kappa shape index (κ2) is 18.6. The van der Waals surface area contributed by atoms with E-state index in [9.17, 15) is 0 Å². The molecule has 0 aliphatic rings. The summed E-state index contributed by atoms with van der Waals surface area (Å²) >= 11 is 0. The van der Waals surface area contributed by atoms with Crippen LogP contribution in [0.1, 0.15) is 5.56 Å². The fourth-order valence-corrected chi connectivity index (χ4v) is 7.97. The average Bonchev–Trinajstić information content (AvgIpc) is 3.38. The second-order valence-electron chi connectivity index (χ2n) is 15.4. The number of anilines is 8. The molecule has 0 amide bonds. The molecule has 0 saturated heterocycles. The lowest BCUT2D eigenvalue weighted by Gasteiger charge is -2.25. The molecule has 306 valence electrons. The third-order valence-electron chi connectivity index (χ3n) is 11.1. The quantitative estimate of drug-likeness (QED) is 0.115. The Bertz CT molecular complexity index is 2760. The Kier molecular flexibility index (Phi) is 11.5. The zero-order valence-electron chi connectivity index (χ0n) is 35.1. The fraction of sp³-hybridized carbons (Fsp3) is 0.0172. The molecule has 0 unspecified atom stereocenters. The summed E-state index contributed by atoms with van der Waals surface area (Å²) in [7, 11) is 0. The normalized spacial score (nSPS) is 10.9. The van der Waals surface area contributed by atoms with Gasteiger partial charge in [-0.15, -0.1) is 0 Å². The van der Waals surface area contributed by atoms with Gasteiger partial charge in [-0.2, -0.15) is 0 Å². The maximum atomic E-state index is 5.15. The minimum atomic E-state index is 0.597. The summed E-state index contributed by atoms with van der Waals surface area (Å²) < 4.78 is 0. The highest BCUT2D eigenvalue weighted by molar-refractivity contribution is 5.80. The first-order valence-corrected chi connectivity index (χ1v) is 21.5. The molecule has 1 heterocycles. The van der Waals surface area contributed by atoms with Crippen LogP contribution in [0.3, 0.4) is 0 Å². The lowest BCUT2D eigenvalue weighted by molar-refractivity contribution is 0.975. The molecule has 10 aromatic rings. The molecule has 9 aromatic carbocycles. The number of aromatic nitrogens is 3. The summed E-state index contributed by atoms with van der Waals surface area (Å²) in [6, 6.07) is 88.2. The van der Waals surface area contributed by atoms with E-state index in [1.165, 1.54) is 5.56 Å². The SMILES string of the molecule is c1ccc(N(Cc2ccc(-c3nc(-c4ccc(N(c5ccccc5)c5ccccc5)cc4)nc(-c4ccc(N(c5ccccc5)c5ccccc5)cc4)n3)cc2)c2ccccc2)cc1. The maximum absolute atomic E-state index is 5.15. The molecule has 0 N–H and O–H groups in total. The summed E-state index contributed by atoms with van der Waals surface area (Å²) in [6.07, 6.45) is 0.